The van der Waals surface area contributed by atoms with E-state index in [-0.39, 0.29) is 78.6 Å². The summed E-state index contributed by atoms with van der Waals surface area (Å²) < 4.78 is 29.7. The molecule has 6 N–H and O–H groups in total. The number of anilines is 2. The van der Waals surface area contributed by atoms with E-state index in [1.54, 1.807) is 42.1 Å². The molecule has 0 saturated heterocycles. The molecule has 6 rings (SSSR count). The highest BCUT2D eigenvalue weighted by atomic mass is 32.1. The first-order chi connectivity index (χ1) is 33.5. The highest BCUT2D eigenvalue weighted by Crippen LogP contribution is 2.34. The minimum atomic E-state index is -1.29. The third-order valence-electron chi connectivity index (χ3n) is 11.3. The van der Waals surface area contributed by atoms with Crippen molar-refractivity contribution in [3.8, 4) is 22.3 Å². The monoisotopic (exact) mass is 1020 g/mol. The zero-order valence-electron chi connectivity index (χ0n) is 42.4. The van der Waals surface area contributed by atoms with Crippen molar-refractivity contribution in [2.24, 2.45) is 16.2 Å². The second-order valence-electron chi connectivity index (χ2n) is 20.7. The van der Waals surface area contributed by atoms with Crippen LogP contribution in [0.15, 0.2) is 83.8 Å². The van der Waals surface area contributed by atoms with E-state index in [2.05, 4.69) is 36.6 Å². The van der Waals surface area contributed by atoms with Crippen LogP contribution >= 0.6 is 22.7 Å². The van der Waals surface area contributed by atoms with Gasteiger partial charge in [-0.3, -0.25) is 34.6 Å². The Morgan fingerprint density at radius 3 is 1.32 bits per heavy atom. The standard InChI is InChI=1S/C30H37FN4O3S.C24H24FN3O4S/c1-17-22(14-20(15-24(17)31)26(37)34-18(2)30(6,7)8)21-10-9-19(25(36)33-16-29(3,4)5)13-23(21)27(38)35-28-32-11-12-39-28;1-13-17(10-15(22(31)32)11-19(13)25)16-6-5-14(20(29)27-12-24(2,3)4)9-18(16)21(30)28-23-26-7-8-33-23/h9-15,18H,16H2,1-8H3,(H,33,36)(H,34,37)(H,32,35,38);5-11H,12H2,1-4H3,(H,27,29)(H,31,32)(H,26,28,30)/t18-;/m0./s1. The maximum absolute atomic E-state index is 15.2. The summed E-state index contributed by atoms with van der Waals surface area (Å²) in [5.41, 5.74) is 2.05. The number of rotatable bonds is 13. The quantitative estimate of drug-likeness (QED) is 0.0649. The number of thiazole rings is 2. The molecule has 0 aliphatic rings. The number of halogens is 2. The molecule has 14 nitrogen and oxygen atoms in total. The number of hydrogen-bond donors (Lipinski definition) is 6. The molecule has 72 heavy (non-hydrogen) atoms. The molecule has 1 atom stereocenters. The lowest BCUT2D eigenvalue weighted by Crippen LogP contribution is -2.41. The van der Waals surface area contributed by atoms with Gasteiger partial charge < -0.3 is 21.1 Å². The summed E-state index contributed by atoms with van der Waals surface area (Å²) >= 11 is 2.47. The van der Waals surface area contributed by atoms with Crippen molar-refractivity contribution < 1.29 is 42.7 Å². The zero-order chi connectivity index (χ0) is 53.5. The number of hydrogen-bond acceptors (Lipinski definition) is 10. The molecule has 0 saturated carbocycles. The highest BCUT2D eigenvalue weighted by Gasteiger charge is 2.26. The van der Waals surface area contributed by atoms with Crippen LogP contribution in [0.4, 0.5) is 19.0 Å². The number of carbonyl (C=O) groups is 6. The minimum Gasteiger partial charge on any atom is -0.478 e. The summed E-state index contributed by atoms with van der Waals surface area (Å²) in [5, 5.41) is 27.6. The van der Waals surface area contributed by atoms with Crippen molar-refractivity contribution in [2.75, 3.05) is 23.7 Å². The number of carbonyl (C=O) groups excluding carboxylic acids is 5. The summed E-state index contributed by atoms with van der Waals surface area (Å²) in [6.07, 6.45) is 3.10. The van der Waals surface area contributed by atoms with E-state index < -0.39 is 35.3 Å². The SMILES string of the molecule is Cc1c(F)cc(C(=O)N[C@@H](C)C(C)(C)C)cc1-c1ccc(C(=O)NCC(C)(C)C)cc1C(=O)Nc1nccs1.Cc1c(F)cc(C(=O)O)cc1-c1ccc(C(=O)NCC(C)(C)C)cc1C(=O)Nc1nccs1. The van der Waals surface area contributed by atoms with E-state index in [1.807, 2.05) is 69.2 Å². The maximum Gasteiger partial charge on any atom is 0.335 e. The summed E-state index contributed by atoms with van der Waals surface area (Å²) in [7, 11) is 0. The molecule has 0 radical (unpaired) electrons. The van der Waals surface area contributed by atoms with Gasteiger partial charge in [0.15, 0.2) is 10.3 Å². The molecule has 0 aliphatic heterocycles. The van der Waals surface area contributed by atoms with Crippen molar-refractivity contribution in [1.82, 2.24) is 25.9 Å². The molecule has 0 aliphatic carbocycles. The normalized spacial score (nSPS) is 11.9. The lowest BCUT2D eigenvalue weighted by Gasteiger charge is -2.28. The van der Waals surface area contributed by atoms with E-state index in [0.29, 0.717) is 45.6 Å². The zero-order valence-corrected chi connectivity index (χ0v) is 44.1. The molecule has 5 amide bonds. The van der Waals surface area contributed by atoms with E-state index in [4.69, 9.17) is 0 Å². The van der Waals surface area contributed by atoms with Crippen LogP contribution in [0.25, 0.3) is 22.3 Å². The van der Waals surface area contributed by atoms with Crippen molar-refractivity contribution in [3.05, 3.63) is 140 Å². The lowest BCUT2D eigenvalue weighted by atomic mass is 9.87. The number of carboxylic acids is 1. The molecule has 6 aromatic rings. The molecular formula is C54H61F2N7O7S2. The van der Waals surface area contributed by atoms with E-state index in [1.165, 1.54) is 72.2 Å². The maximum atomic E-state index is 15.2. The van der Waals surface area contributed by atoms with Gasteiger partial charge in [-0.1, -0.05) is 74.4 Å². The van der Waals surface area contributed by atoms with Gasteiger partial charge in [0.2, 0.25) is 0 Å². The lowest BCUT2D eigenvalue weighted by molar-refractivity contribution is 0.0695. The fourth-order valence-corrected chi connectivity index (χ4v) is 7.73. The van der Waals surface area contributed by atoms with Gasteiger partial charge in [0.25, 0.3) is 29.5 Å². The molecule has 18 heteroatoms. The smallest absolute Gasteiger partial charge is 0.335 e. The average molecular weight is 1020 g/mol. The Kier molecular flexibility index (Phi) is 17.7. The first-order valence-electron chi connectivity index (χ1n) is 22.9. The summed E-state index contributed by atoms with van der Waals surface area (Å²) in [4.78, 5) is 84.8. The second kappa shape index (κ2) is 22.9. The number of carboxylic acid groups (broad SMARTS) is 1. The fraction of sp³-hybridized carbons (Fsp3) is 0.333. The van der Waals surface area contributed by atoms with Crippen molar-refractivity contribution in [3.63, 3.8) is 0 Å². The topological polar surface area (TPSA) is 209 Å². The predicted molar refractivity (Wildman–Crippen MR) is 280 cm³/mol. The molecule has 2 aromatic heterocycles. The van der Waals surface area contributed by atoms with Crippen molar-refractivity contribution in [1.29, 1.82) is 0 Å². The number of amides is 5. The highest BCUT2D eigenvalue weighted by molar-refractivity contribution is 7.14. The first kappa shape index (κ1) is 55.7. The van der Waals surface area contributed by atoms with Crippen LogP contribution < -0.4 is 26.6 Å². The van der Waals surface area contributed by atoms with Crippen LogP contribution in [-0.2, 0) is 0 Å². The van der Waals surface area contributed by atoms with Crippen LogP contribution in [0, 0.1) is 41.7 Å². The Hall–Kier alpha value is -7.18. The first-order valence-corrected chi connectivity index (χ1v) is 24.7. The van der Waals surface area contributed by atoms with Gasteiger partial charge >= 0.3 is 5.97 Å². The van der Waals surface area contributed by atoms with Crippen LogP contribution in [-0.4, -0.2) is 69.7 Å². The van der Waals surface area contributed by atoms with Crippen molar-refractivity contribution >= 4 is 68.4 Å². The number of nitrogens with zero attached hydrogens (tertiary/aromatic N) is 2. The predicted octanol–water partition coefficient (Wildman–Crippen LogP) is 11.4. The molecule has 0 unspecified atom stereocenters. The molecule has 2 heterocycles. The second-order valence-corrected chi connectivity index (χ2v) is 22.5. The molecular weight excluding hydrogens is 961 g/mol. The van der Waals surface area contributed by atoms with E-state index >= 15 is 4.39 Å². The minimum absolute atomic E-state index is 0.0960. The number of benzene rings is 4. The molecule has 0 bridgehead atoms. The van der Waals surface area contributed by atoms with Crippen LogP contribution in [0.5, 0.6) is 0 Å². The molecule has 380 valence electrons. The van der Waals surface area contributed by atoms with Gasteiger partial charge in [0.1, 0.15) is 11.6 Å². The molecule has 4 aromatic carbocycles. The largest absolute Gasteiger partial charge is 0.478 e. The Labute approximate surface area is 426 Å². The summed E-state index contributed by atoms with van der Waals surface area (Å²) in [6, 6.07) is 14.0. The van der Waals surface area contributed by atoms with Crippen LogP contribution in [0.2, 0.25) is 0 Å². The Morgan fingerprint density at radius 2 is 0.958 bits per heavy atom. The van der Waals surface area contributed by atoms with E-state index in [0.717, 1.165) is 6.07 Å². The molecule has 0 spiro atoms. The number of nitrogens with one attached hydrogen (secondary N) is 5. The van der Waals surface area contributed by atoms with Gasteiger partial charge in [0.05, 0.1) is 5.56 Å². The Balaban J connectivity index is 0.000000271. The van der Waals surface area contributed by atoms with Crippen LogP contribution in [0.1, 0.15) is 143 Å². The van der Waals surface area contributed by atoms with E-state index in [9.17, 15) is 38.3 Å². The molecule has 0 fully saturated rings. The third kappa shape index (κ3) is 14.9. The Morgan fingerprint density at radius 1 is 0.556 bits per heavy atom. The van der Waals surface area contributed by atoms with Crippen LogP contribution in [0.3, 0.4) is 0 Å². The fourth-order valence-electron chi connectivity index (χ4n) is 6.68. The summed E-state index contributed by atoms with van der Waals surface area (Å²) in [5.74, 6) is -4.71. The number of aromatic nitrogens is 2. The van der Waals surface area contributed by atoms with Gasteiger partial charge in [-0.05, 0) is 119 Å². The van der Waals surface area contributed by atoms with Gasteiger partial charge in [-0.2, -0.15) is 0 Å². The van der Waals surface area contributed by atoms with Crippen molar-refractivity contribution in [2.45, 2.75) is 89.1 Å². The van der Waals surface area contributed by atoms with Gasteiger partial charge in [-0.15, -0.1) is 22.7 Å². The van der Waals surface area contributed by atoms with Gasteiger partial charge in [0, 0.05) is 70.1 Å². The third-order valence-corrected chi connectivity index (χ3v) is 12.7. The van der Waals surface area contributed by atoms with Gasteiger partial charge in [-0.25, -0.2) is 23.5 Å². The average Bonchev–Trinajstić information content (AvgIpc) is 4.03. The Bertz CT molecular complexity index is 2990. The summed E-state index contributed by atoms with van der Waals surface area (Å²) in [6.45, 7) is 23.9. The number of aromatic carboxylic acids is 1.